The van der Waals surface area contributed by atoms with Crippen molar-refractivity contribution in [3.63, 3.8) is 0 Å². The van der Waals surface area contributed by atoms with Crippen LogP contribution in [0.4, 0.5) is 0 Å². The zero-order valence-electron chi connectivity index (χ0n) is 15.5. The smallest absolute Gasteiger partial charge is 0.253 e. The lowest BCUT2D eigenvalue weighted by atomic mass is 10.1. The average molecular weight is 394 g/mol. The second-order valence-corrected chi connectivity index (χ2v) is 8.96. The standard InChI is InChI=1S/C22H22N2O3S/c25-22(21-11-10-19-8-4-5-9-20(19)16-21)23-12-14-24(15-13-23)28(26,27)17-18-6-2-1-3-7-18/h1-11,16H,12-15,17H2. The van der Waals surface area contributed by atoms with Gasteiger partial charge in [-0.2, -0.15) is 4.31 Å². The van der Waals surface area contributed by atoms with E-state index in [-0.39, 0.29) is 11.7 Å². The van der Waals surface area contributed by atoms with E-state index in [9.17, 15) is 13.2 Å². The molecule has 0 spiro atoms. The number of benzene rings is 3. The lowest BCUT2D eigenvalue weighted by Gasteiger charge is -2.34. The summed E-state index contributed by atoms with van der Waals surface area (Å²) >= 11 is 0. The first kappa shape index (κ1) is 18.7. The first-order valence-corrected chi connectivity index (χ1v) is 10.9. The third kappa shape index (κ3) is 3.93. The summed E-state index contributed by atoms with van der Waals surface area (Å²) in [5.74, 6) is -0.0576. The maximum atomic E-state index is 12.8. The number of fused-ring (bicyclic) bond motifs is 1. The molecular weight excluding hydrogens is 372 g/mol. The summed E-state index contributed by atoms with van der Waals surface area (Å²) in [5, 5.41) is 2.12. The molecule has 0 aliphatic carbocycles. The van der Waals surface area contributed by atoms with Crippen LogP contribution in [-0.4, -0.2) is 49.7 Å². The van der Waals surface area contributed by atoms with Gasteiger partial charge in [0.15, 0.2) is 0 Å². The Balaban J connectivity index is 1.42. The molecule has 1 fully saturated rings. The number of hydrogen-bond donors (Lipinski definition) is 0. The van der Waals surface area contributed by atoms with E-state index in [0.29, 0.717) is 31.7 Å². The zero-order chi connectivity index (χ0) is 19.6. The molecule has 0 bridgehead atoms. The molecule has 0 aromatic heterocycles. The molecule has 6 heteroatoms. The number of sulfonamides is 1. The molecule has 0 saturated carbocycles. The minimum absolute atomic E-state index is 0.00748. The lowest BCUT2D eigenvalue weighted by Crippen LogP contribution is -2.50. The predicted molar refractivity (Wildman–Crippen MR) is 110 cm³/mol. The summed E-state index contributed by atoms with van der Waals surface area (Å²) in [5.41, 5.74) is 1.41. The van der Waals surface area contributed by atoms with E-state index < -0.39 is 10.0 Å². The fraction of sp³-hybridized carbons (Fsp3) is 0.227. The van der Waals surface area contributed by atoms with Crippen molar-refractivity contribution in [1.82, 2.24) is 9.21 Å². The molecule has 5 nitrogen and oxygen atoms in total. The van der Waals surface area contributed by atoms with E-state index in [1.807, 2.05) is 72.8 Å². The van der Waals surface area contributed by atoms with Crippen molar-refractivity contribution in [3.05, 3.63) is 83.9 Å². The number of carbonyl (C=O) groups is 1. The van der Waals surface area contributed by atoms with Gasteiger partial charge in [-0.25, -0.2) is 8.42 Å². The molecule has 0 atom stereocenters. The van der Waals surface area contributed by atoms with Gasteiger partial charge in [0.2, 0.25) is 10.0 Å². The van der Waals surface area contributed by atoms with Crippen LogP contribution in [0.1, 0.15) is 15.9 Å². The molecular formula is C22H22N2O3S. The van der Waals surface area contributed by atoms with Crippen LogP contribution in [0.5, 0.6) is 0 Å². The topological polar surface area (TPSA) is 57.7 Å². The molecule has 0 N–H and O–H groups in total. The number of amides is 1. The fourth-order valence-corrected chi connectivity index (χ4v) is 5.07. The maximum absolute atomic E-state index is 12.8. The summed E-state index contributed by atoms with van der Waals surface area (Å²) in [6.45, 7) is 1.46. The van der Waals surface area contributed by atoms with Gasteiger partial charge in [0.05, 0.1) is 5.75 Å². The normalized spacial score (nSPS) is 15.6. The first-order valence-electron chi connectivity index (χ1n) is 9.33. The zero-order valence-corrected chi connectivity index (χ0v) is 16.3. The molecule has 144 valence electrons. The van der Waals surface area contributed by atoms with E-state index in [1.54, 1.807) is 4.90 Å². The largest absolute Gasteiger partial charge is 0.336 e. The Morgan fingerprint density at radius 3 is 2.14 bits per heavy atom. The summed E-state index contributed by atoms with van der Waals surface area (Å²) in [6.07, 6.45) is 0. The predicted octanol–water partition coefficient (Wildman–Crippen LogP) is 3.13. The second kappa shape index (κ2) is 7.73. The van der Waals surface area contributed by atoms with Gasteiger partial charge in [-0.1, -0.05) is 60.7 Å². The van der Waals surface area contributed by atoms with E-state index >= 15 is 0 Å². The van der Waals surface area contributed by atoms with Gasteiger partial charge < -0.3 is 4.90 Å². The average Bonchev–Trinajstić information content (AvgIpc) is 2.73. The third-order valence-corrected chi connectivity index (χ3v) is 6.96. The quantitative estimate of drug-likeness (QED) is 0.683. The summed E-state index contributed by atoms with van der Waals surface area (Å²) in [4.78, 5) is 14.6. The molecule has 1 heterocycles. The molecule has 1 aliphatic rings. The highest BCUT2D eigenvalue weighted by Gasteiger charge is 2.29. The fourth-order valence-electron chi connectivity index (χ4n) is 3.55. The van der Waals surface area contributed by atoms with Crippen LogP contribution in [0.3, 0.4) is 0 Å². The highest BCUT2D eigenvalue weighted by Crippen LogP contribution is 2.19. The molecule has 28 heavy (non-hydrogen) atoms. The van der Waals surface area contributed by atoms with Crippen LogP contribution in [0, 0.1) is 0 Å². The van der Waals surface area contributed by atoms with Gasteiger partial charge in [0, 0.05) is 31.7 Å². The number of hydrogen-bond acceptors (Lipinski definition) is 3. The highest BCUT2D eigenvalue weighted by atomic mass is 32.2. The molecule has 0 unspecified atom stereocenters. The van der Waals surface area contributed by atoms with E-state index in [4.69, 9.17) is 0 Å². The summed E-state index contributed by atoms with van der Waals surface area (Å²) in [6, 6.07) is 22.8. The minimum Gasteiger partial charge on any atom is -0.336 e. The van der Waals surface area contributed by atoms with Crippen molar-refractivity contribution in [3.8, 4) is 0 Å². The molecule has 4 rings (SSSR count). The van der Waals surface area contributed by atoms with Crippen molar-refractivity contribution in [2.24, 2.45) is 0 Å². The highest BCUT2D eigenvalue weighted by molar-refractivity contribution is 7.88. The van der Waals surface area contributed by atoms with Crippen molar-refractivity contribution in [1.29, 1.82) is 0 Å². The van der Waals surface area contributed by atoms with Gasteiger partial charge in [0.1, 0.15) is 0 Å². The van der Waals surface area contributed by atoms with Gasteiger partial charge >= 0.3 is 0 Å². The number of carbonyl (C=O) groups excluding carboxylic acids is 1. The molecule has 0 radical (unpaired) electrons. The lowest BCUT2D eigenvalue weighted by molar-refractivity contribution is 0.0698. The Morgan fingerprint density at radius 1 is 0.786 bits per heavy atom. The summed E-state index contributed by atoms with van der Waals surface area (Å²) < 4.78 is 26.8. The molecule has 3 aromatic carbocycles. The van der Waals surface area contributed by atoms with Crippen molar-refractivity contribution in [2.45, 2.75) is 5.75 Å². The van der Waals surface area contributed by atoms with Gasteiger partial charge in [0.25, 0.3) is 5.91 Å². The van der Waals surface area contributed by atoms with Crippen LogP contribution >= 0.6 is 0 Å². The summed E-state index contributed by atoms with van der Waals surface area (Å²) in [7, 11) is -3.38. The van der Waals surface area contributed by atoms with Gasteiger partial charge in [-0.05, 0) is 28.5 Å². The van der Waals surface area contributed by atoms with Crippen LogP contribution in [0.25, 0.3) is 10.8 Å². The Morgan fingerprint density at radius 2 is 1.43 bits per heavy atom. The van der Waals surface area contributed by atoms with Gasteiger partial charge in [-0.15, -0.1) is 0 Å². The maximum Gasteiger partial charge on any atom is 0.253 e. The Kier molecular flexibility index (Phi) is 5.15. The SMILES string of the molecule is O=C(c1ccc2ccccc2c1)N1CCN(S(=O)(=O)Cc2ccccc2)CC1. The van der Waals surface area contributed by atoms with E-state index in [1.165, 1.54) is 4.31 Å². The second-order valence-electron chi connectivity index (χ2n) is 7.00. The van der Waals surface area contributed by atoms with Crippen LogP contribution in [0.15, 0.2) is 72.8 Å². The molecule has 1 aliphatic heterocycles. The first-order chi connectivity index (χ1) is 13.5. The van der Waals surface area contributed by atoms with E-state index in [2.05, 4.69) is 0 Å². The third-order valence-electron chi connectivity index (χ3n) is 5.11. The number of rotatable bonds is 4. The van der Waals surface area contributed by atoms with Crippen LogP contribution in [0.2, 0.25) is 0 Å². The van der Waals surface area contributed by atoms with Crippen molar-refractivity contribution in [2.75, 3.05) is 26.2 Å². The molecule has 1 amide bonds. The van der Waals surface area contributed by atoms with Gasteiger partial charge in [-0.3, -0.25) is 4.79 Å². The van der Waals surface area contributed by atoms with Crippen LogP contribution in [-0.2, 0) is 15.8 Å². The van der Waals surface area contributed by atoms with E-state index in [0.717, 1.165) is 16.3 Å². The monoisotopic (exact) mass is 394 g/mol. The Hall–Kier alpha value is -2.70. The Bertz CT molecular complexity index is 1090. The minimum atomic E-state index is -3.38. The number of piperazine rings is 1. The molecule has 3 aromatic rings. The van der Waals surface area contributed by atoms with Crippen LogP contribution < -0.4 is 0 Å². The van der Waals surface area contributed by atoms with Crippen molar-refractivity contribution >= 4 is 26.7 Å². The Labute approximate surface area is 165 Å². The number of nitrogens with zero attached hydrogens (tertiary/aromatic N) is 2. The molecule has 1 saturated heterocycles. The van der Waals surface area contributed by atoms with Crippen molar-refractivity contribution < 1.29 is 13.2 Å².